The molecule has 9 rings (SSSR count). The Morgan fingerprint density at radius 3 is 1.93 bits per heavy atom. The molecule has 0 bridgehead atoms. The lowest BCUT2D eigenvalue weighted by atomic mass is 9.40. The van der Waals surface area contributed by atoms with E-state index >= 15 is 0 Å². The molecule has 0 aromatic carbocycles. The first-order valence-corrected chi connectivity index (χ1v) is 29.5. The monoisotopic (exact) mass is 1180 g/mol. The molecule has 1 spiro atoms. The first-order valence-electron chi connectivity index (χ1n) is 28.1. The van der Waals surface area contributed by atoms with Crippen molar-refractivity contribution in [3.8, 4) is 0 Å². The Bertz CT molecular complexity index is 2440. The van der Waals surface area contributed by atoms with Crippen LogP contribution in [0.15, 0.2) is 23.3 Å². The Hall–Kier alpha value is -1.98. The van der Waals surface area contributed by atoms with Crippen molar-refractivity contribution < 1.29 is 125 Å². The average molecular weight is 1180 g/mol. The number of hydrogen-bond acceptors (Lipinski definition) is 26. The molecule has 9 aliphatic rings. The number of fused-ring (bicyclic) bond motifs is 4. The van der Waals surface area contributed by atoms with Gasteiger partial charge in [-0.15, -0.1) is 0 Å². The van der Waals surface area contributed by atoms with Crippen molar-refractivity contribution in [2.75, 3.05) is 26.9 Å². The fourth-order valence-electron chi connectivity index (χ4n) is 16.2. The molecule has 11 N–H and O–H groups in total. The second kappa shape index (κ2) is 22.9. The molecule has 0 aromatic rings. The van der Waals surface area contributed by atoms with Gasteiger partial charge in [0.15, 0.2) is 25.2 Å². The molecule has 8 fully saturated rings. The maximum Gasteiger partial charge on any atom is 0.319 e. The average Bonchev–Trinajstić information content (AvgIpc) is 1.90. The molecule has 26 nitrogen and oxygen atoms in total. The number of rotatable bonds is 16. The second-order valence-corrected chi connectivity index (χ2v) is 26.5. The van der Waals surface area contributed by atoms with Crippen LogP contribution in [0, 0.1) is 33.5 Å². The standard InChI is InChI=1S/C54H86O26S/c1-23(2)11-10-15-52(8)53(66)18-17-51(7)25-12-13-30-49(4,5)32(14-16-50(30,6)26(25)19-31(57)54(51,53)48(65)79-52)75-47-43(35(60)29(22-71-47)80-81(67,68)69)78-44-37(62)36(61)40(24(3)72-44)76-46-39(64)42(34(59)28(21-56)74-46)77-45-38(63)41(70-9)33(58)27(20-55)73-45/h11,19,24-25,27-47,55-64,66H,10,12-18,20-22H2,1-9H3,(H,67,68,69)/p-1/t24-,25-,27-,28-,29-,30+,31+,32+,33-,34-,35+,36-,37-,38-,39-,40-,41+,42+,43-,44+,45+,46+,47+,50-,51+,52+,53+,54-/m1/s1. The summed E-state index contributed by atoms with van der Waals surface area (Å²) < 4.78 is 99.6. The van der Waals surface area contributed by atoms with Gasteiger partial charge in [-0.05, 0) is 107 Å². The highest BCUT2D eigenvalue weighted by molar-refractivity contribution is 7.80. The molecule has 27 heteroatoms. The van der Waals surface area contributed by atoms with E-state index in [-0.39, 0.29) is 18.3 Å². The molecule has 28 atom stereocenters. The van der Waals surface area contributed by atoms with Gasteiger partial charge in [-0.2, -0.15) is 0 Å². The number of carbonyl (C=O) groups excluding carboxylic acids is 1. The molecule has 0 aromatic heterocycles. The third-order valence-corrected chi connectivity index (χ3v) is 21.0. The molecule has 81 heavy (non-hydrogen) atoms. The summed E-state index contributed by atoms with van der Waals surface area (Å²) in [5, 5.41) is 124. The summed E-state index contributed by atoms with van der Waals surface area (Å²) in [5.41, 5.74) is -4.51. The summed E-state index contributed by atoms with van der Waals surface area (Å²) in [4.78, 5) is 14.5. The minimum Gasteiger partial charge on any atom is -0.726 e. The number of carbonyl (C=O) groups is 1. The summed E-state index contributed by atoms with van der Waals surface area (Å²) in [6, 6.07) is 0. The van der Waals surface area contributed by atoms with Crippen molar-refractivity contribution in [1.29, 1.82) is 0 Å². The smallest absolute Gasteiger partial charge is 0.319 e. The number of esters is 1. The highest BCUT2D eigenvalue weighted by Gasteiger charge is 2.85. The Labute approximate surface area is 471 Å². The maximum atomic E-state index is 14.5. The normalized spacial score (nSPS) is 51.5. The number of cyclic esters (lactones) is 1. The lowest BCUT2D eigenvalue weighted by Crippen LogP contribution is -2.68. The van der Waals surface area contributed by atoms with E-state index in [0.717, 1.165) is 11.1 Å². The predicted octanol–water partition coefficient (Wildman–Crippen LogP) is -1.82. The van der Waals surface area contributed by atoms with Gasteiger partial charge in [0.2, 0.25) is 10.4 Å². The van der Waals surface area contributed by atoms with Crippen LogP contribution in [0.25, 0.3) is 0 Å². The lowest BCUT2D eigenvalue weighted by Gasteiger charge is -2.64. The maximum absolute atomic E-state index is 14.5. The van der Waals surface area contributed by atoms with Crippen LogP contribution in [0.2, 0.25) is 0 Å². The Morgan fingerprint density at radius 1 is 0.728 bits per heavy atom. The van der Waals surface area contributed by atoms with Gasteiger partial charge in [-0.25, -0.2) is 8.42 Å². The molecule has 4 aliphatic carbocycles. The quantitative estimate of drug-likeness (QED) is 0.0267. The van der Waals surface area contributed by atoms with Crippen LogP contribution in [0.1, 0.15) is 107 Å². The van der Waals surface area contributed by atoms with E-state index < -0.39 is 198 Å². The topological polar surface area (TPSA) is 398 Å². The number of aliphatic hydroxyl groups excluding tert-OH is 10. The largest absolute Gasteiger partial charge is 0.726 e. The zero-order chi connectivity index (χ0) is 59.5. The predicted molar refractivity (Wildman–Crippen MR) is 272 cm³/mol. The van der Waals surface area contributed by atoms with Gasteiger partial charge in [0.05, 0.1) is 38.1 Å². The molecule has 5 heterocycles. The van der Waals surface area contributed by atoms with Crippen molar-refractivity contribution in [1.82, 2.24) is 0 Å². The van der Waals surface area contributed by atoms with Gasteiger partial charge in [-0.1, -0.05) is 51.0 Å². The number of allylic oxidation sites excluding steroid dienone is 3. The fourth-order valence-corrected chi connectivity index (χ4v) is 16.7. The van der Waals surface area contributed by atoms with Crippen molar-refractivity contribution in [2.45, 2.75) is 247 Å². The molecule has 0 radical (unpaired) electrons. The molecule has 5 saturated heterocycles. The van der Waals surface area contributed by atoms with Crippen LogP contribution in [-0.2, 0) is 66.7 Å². The summed E-state index contributed by atoms with van der Waals surface area (Å²) in [6.45, 7) is 13.1. The van der Waals surface area contributed by atoms with E-state index in [1.807, 2.05) is 40.7 Å². The van der Waals surface area contributed by atoms with E-state index in [1.54, 1.807) is 13.0 Å². The Balaban J connectivity index is 0.913. The highest BCUT2D eigenvalue weighted by atomic mass is 32.3. The van der Waals surface area contributed by atoms with E-state index in [0.29, 0.717) is 44.9 Å². The van der Waals surface area contributed by atoms with Crippen LogP contribution in [0.3, 0.4) is 0 Å². The zero-order valence-electron chi connectivity index (χ0n) is 47.2. The van der Waals surface area contributed by atoms with Crippen molar-refractivity contribution >= 4 is 16.4 Å². The van der Waals surface area contributed by atoms with Crippen LogP contribution in [0.5, 0.6) is 0 Å². The molecule has 0 amide bonds. The minimum absolute atomic E-state index is 0.125. The first-order chi connectivity index (χ1) is 37.8. The molecular weight excluding hydrogens is 1100 g/mol. The van der Waals surface area contributed by atoms with Crippen molar-refractivity contribution in [2.24, 2.45) is 33.5 Å². The summed E-state index contributed by atoms with van der Waals surface area (Å²) in [7, 11) is -4.26. The van der Waals surface area contributed by atoms with Crippen molar-refractivity contribution in [3.05, 3.63) is 23.3 Å². The second-order valence-electron chi connectivity index (χ2n) is 25.5. The molecular formula is C54H85O26S-. The number of aliphatic hydroxyl groups is 11. The van der Waals surface area contributed by atoms with E-state index in [2.05, 4.69) is 11.1 Å². The lowest BCUT2D eigenvalue weighted by molar-refractivity contribution is -0.389. The van der Waals surface area contributed by atoms with Gasteiger partial charge in [-0.3, -0.25) is 8.98 Å². The minimum atomic E-state index is -5.44. The van der Waals surface area contributed by atoms with E-state index in [4.69, 9.17) is 47.4 Å². The van der Waals surface area contributed by atoms with Gasteiger partial charge >= 0.3 is 5.97 Å². The van der Waals surface area contributed by atoms with E-state index in [1.165, 1.54) is 14.0 Å². The molecule has 0 unspecified atom stereocenters. The molecule has 5 aliphatic heterocycles. The highest BCUT2D eigenvalue weighted by Crippen LogP contribution is 2.77. The fraction of sp³-hybridized carbons (Fsp3) is 0.907. The number of methoxy groups -OCH3 is 1. The Morgan fingerprint density at radius 2 is 1.32 bits per heavy atom. The summed E-state index contributed by atoms with van der Waals surface area (Å²) in [5.74, 6) is -0.905. The first kappa shape index (κ1) is 63.5. The Kier molecular flexibility index (Phi) is 18.0. The van der Waals surface area contributed by atoms with Crippen LogP contribution >= 0.6 is 0 Å². The van der Waals surface area contributed by atoms with Gasteiger partial charge < -0.3 is 108 Å². The third-order valence-electron chi connectivity index (χ3n) is 20.5. The van der Waals surface area contributed by atoms with Crippen LogP contribution in [-0.4, -0.2) is 242 Å². The number of ether oxygens (including phenoxy) is 10. The van der Waals surface area contributed by atoms with Crippen molar-refractivity contribution in [3.63, 3.8) is 0 Å². The third kappa shape index (κ3) is 10.3. The summed E-state index contributed by atoms with van der Waals surface area (Å²) in [6.07, 6.45) is -26.8. The van der Waals surface area contributed by atoms with E-state index in [9.17, 15) is 73.9 Å². The molecule has 3 saturated carbocycles. The summed E-state index contributed by atoms with van der Waals surface area (Å²) >= 11 is 0. The van der Waals surface area contributed by atoms with Gasteiger partial charge in [0.25, 0.3) is 0 Å². The van der Waals surface area contributed by atoms with Crippen LogP contribution < -0.4 is 0 Å². The zero-order valence-corrected chi connectivity index (χ0v) is 48.0. The van der Waals surface area contributed by atoms with Crippen LogP contribution in [0.4, 0.5) is 0 Å². The molecule has 464 valence electrons. The number of hydrogen-bond donors (Lipinski definition) is 11. The SMILES string of the molecule is CO[C@@H]1[C@@H](O)[C@H](O[C@@H]2[C@@H](O)[C@H](O[C@H]3[C@H](O)[C@@H](O)[C@H](O[C@H]4[C@H](O[C@H]5CC[C@]6(C)C7=C[C@H](O)[C@]89C(=O)O[C@@](C)(CCC=C(C)C)[C@@]8(O)CC[C@@]9(C)[C@@H]7CC[C@H]6C5(C)C)OC[C@@H](OS(=O)(=O)[O-])[C@@H]4O)O[C@@H]3C)O[C@H](CO)[C@H]2O)O[C@H](CO)[C@H]1O. The van der Waals surface area contributed by atoms with Gasteiger partial charge in [0.1, 0.15) is 102 Å². The van der Waals surface area contributed by atoms with Gasteiger partial charge in [0, 0.05) is 7.11 Å².